The van der Waals surface area contributed by atoms with Crippen molar-refractivity contribution in [1.29, 1.82) is 0 Å². The lowest BCUT2D eigenvalue weighted by atomic mass is 9.94. The Balaban J connectivity index is 2.00. The van der Waals surface area contributed by atoms with Gasteiger partial charge in [0.25, 0.3) is 0 Å². The van der Waals surface area contributed by atoms with Crippen LogP contribution in [0.25, 0.3) is 11.1 Å². The van der Waals surface area contributed by atoms with Crippen LogP contribution in [0.4, 0.5) is 4.39 Å². The Bertz CT molecular complexity index is 606. The average molecular weight is 269 g/mol. The maximum Gasteiger partial charge on any atom is 0.131 e. The summed E-state index contributed by atoms with van der Waals surface area (Å²) in [7, 11) is 0. The highest BCUT2D eigenvalue weighted by atomic mass is 19.1. The van der Waals surface area contributed by atoms with E-state index in [4.69, 9.17) is 0 Å². The Morgan fingerprint density at radius 2 is 1.90 bits per heavy atom. The standard InChI is InChI=1S/C18H20FN/c1-12-9-13(2)18(17(19)10-12)16-6-4-3-5-14(16)11-20-15-7-8-15/h3-6,9-10,15,20H,7-8,11H2,1-2H3. The summed E-state index contributed by atoms with van der Waals surface area (Å²) >= 11 is 0. The van der Waals surface area contributed by atoms with Gasteiger partial charge in [-0.1, -0.05) is 30.3 Å². The summed E-state index contributed by atoms with van der Waals surface area (Å²) in [4.78, 5) is 0. The van der Waals surface area contributed by atoms with E-state index in [-0.39, 0.29) is 5.82 Å². The Labute approximate surface area is 119 Å². The predicted octanol–water partition coefficient (Wildman–Crippen LogP) is 4.36. The van der Waals surface area contributed by atoms with Crippen molar-refractivity contribution in [3.8, 4) is 11.1 Å². The third-order valence-corrected chi connectivity index (χ3v) is 3.88. The van der Waals surface area contributed by atoms with E-state index in [0.717, 1.165) is 28.8 Å². The average Bonchev–Trinajstić information content (AvgIpc) is 3.20. The molecule has 104 valence electrons. The normalized spacial score (nSPS) is 14.6. The van der Waals surface area contributed by atoms with E-state index in [1.54, 1.807) is 6.07 Å². The number of aryl methyl sites for hydroxylation is 2. The van der Waals surface area contributed by atoms with Gasteiger partial charge in [0.05, 0.1) is 0 Å². The van der Waals surface area contributed by atoms with E-state index in [9.17, 15) is 4.39 Å². The van der Waals surface area contributed by atoms with Crippen LogP contribution in [0.5, 0.6) is 0 Å². The Kier molecular flexibility index (Phi) is 3.58. The van der Waals surface area contributed by atoms with E-state index in [1.807, 2.05) is 38.1 Å². The fraction of sp³-hybridized carbons (Fsp3) is 0.333. The molecule has 3 rings (SSSR count). The topological polar surface area (TPSA) is 12.0 Å². The third kappa shape index (κ3) is 2.75. The van der Waals surface area contributed by atoms with Gasteiger partial charge in [0.15, 0.2) is 0 Å². The summed E-state index contributed by atoms with van der Waals surface area (Å²) in [6.07, 6.45) is 2.53. The molecule has 0 bridgehead atoms. The van der Waals surface area contributed by atoms with Crippen molar-refractivity contribution in [1.82, 2.24) is 5.32 Å². The van der Waals surface area contributed by atoms with Gasteiger partial charge < -0.3 is 5.32 Å². The van der Waals surface area contributed by atoms with Crippen molar-refractivity contribution in [2.45, 2.75) is 39.3 Å². The molecule has 0 heterocycles. The zero-order valence-corrected chi connectivity index (χ0v) is 12.0. The van der Waals surface area contributed by atoms with E-state index >= 15 is 0 Å². The number of nitrogens with one attached hydrogen (secondary N) is 1. The van der Waals surface area contributed by atoms with Crippen LogP contribution < -0.4 is 5.32 Å². The van der Waals surface area contributed by atoms with Crippen molar-refractivity contribution in [3.05, 3.63) is 58.9 Å². The van der Waals surface area contributed by atoms with Crippen molar-refractivity contribution in [2.75, 3.05) is 0 Å². The first-order chi connectivity index (χ1) is 9.65. The molecule has 20 heavy (non-hydrogen) atoms. The van der Waals surface area contributed by atoms with Crippen LogP contribution in [0, 0.1) is 19.7 Å². The molecule has 0 aromatic heterocycles. The molecule has 2 aromatic carbocycles. The highest BCUT2D eigenvalue weighted by Crippen LogP contribution is 2.31. The maximum atomic E-state index is 14.4. The smallest absolute Gasteiger partial charge is 0.131 e. The van der Waals surface area contributed by atoms with Gasteiger partial charge in [-0.05, 0) is 55.0 Å². The molecule has 0 unspecified atom stereocenters. The molecule has 1 fully saturated rings. The summed E-state index contributed by atoms with van der Waals surface area (Å²) < 4.78 is 14.4. The molecule has 0 radical (unpaired) electrons. The van der Waals surface area contributed by atoms with Gasteiger partial charge in [0.2, 0.25) is 0 Å². The van der Waals surface area contributed by atoms with Crippen molar-refractivity contribution in [3.63, 3.8) is 0 Å². The van der Waals surface area contributed by atoms with Crippen LogP contribution in [-0.4, -0.2) is 6.04 Å². The first-order valence-electron chi connectivity index (χ1n) is 7.23. The molecule has 0 aliphatic heterocycles. The van der Waals surface area contributed by atoms with Gasteiger partial charge in [-0.25, -0.2) is 4.39 Å². The predicted molar refractivity (Wildman–Crippen MR) is 81.2 cm³/mol. The zero-order chi connectivity index (χ0) is 14.1. The number of benzene rings is 2. The summed E-state index contributed by atoms with van der Waals surface area (Å²) in [5.41, 5.74) is 4.89. The minimum Gasteiger partial charge on any atom is -0.310 e. The van der Waals surface area contributed by atoms with Crippen LogP contribution in [0.1, 0.15) is 29.5 Å². The largest absolute Gasteiger partial charge is 0.310 e. The van der Waals surface area contributed by atoms with Gasteiger partial charge in [-0.15, -0.1) is 0 Å². The Hall–Kier alpha value is -1.67. The summed E-state index contributed by atoms with van der Waals surface area (Å²) in [5, 5.41) is 3.51. The second-order valence-corrected chi connectivity index (χ2v) is 5.75. The lowest BCUT2D eigenvalue weighted by molar-refractivity contribution is 0.628. The fourth-order valence-corrected chi connectivity index (χ4v) is 2.72. The molecule has 1 N–H and O–H groups in total. The van der Waals surface area contributed by atoms with Crippen molar-refractivity contribution in [2.24, 2.45) is 0 Å². The van der Waals surface area contributed by atoms with Crippen LogP contribution in [0.15, 0.2) is 36.4 Å². The highest BCUT2D eigenvalue weighted by Gasteiger charge is 2.21. The first-order valence-corrected chi connectivity index (χ1v) is 7.23. The Morgan fingerprint density at radius 3 is 2.60 bits per heavy atom. The second kappa shape index (κ2) is 5.37. The summed E-state index contributed by atoms with van der Waals surface area (Å²) in [5.74, 6) is -0.124. The van der Waals surface area contributed by atoms with Gasteiger partial charge in [-0.2, -0.15) is 0 Å². The molecular formula is C18H20FN. The van der Waals surface area contributed by atoms with E-state index < -0.39 is 0 Å². The van der Waals surface area contributed by atoms with Gasteiger partial charge in [-0.3, -0.25) is 0 Å². The van der Waals surface area contributed by atoms with Crippen molar-refractivity contribution >= 4 is 0 Å². The summed E-state index contributed by atoms with van der Waals surface area (Å²) in [6, 6.07) is 12.4. The maximum absolute atomic E-state index is 14.4. The molecule has 0 amide bonds. The Morgan fingerprint density at radius 1 is 1.15 bits per heavy atom. The molecule has 2 heteroatoms. The molecule has 1 saturated carbocycles. The van der Waals surface area contributed by atoms with E-state index in [0.29, 0.717) is 6.04 Å². The van der Waals surface area contributed by atoms with Crippen LogP contribution in [0.2, 0.25) is 0 Å². The molecule has 1 nitrogen and oxygen atoms in total. The number of rotatable bonds is 4. The number of hydrogen-bond donors (Lipinski definition) is 1. The SMILES string of the molecule is Cc1cc(C)c(-c2ccccc2CNC2CC2)c(F)c1. The minimum absolute atomic E-state index is 0.124. The van der Waals surface area contributed by atoms with Crippen LogP contribution in [-0.2, 0) is 6.54 Å². The van der Waals surface area contributed by atoms with Gasteiger partial charge in [0.1, 0.15) is 5.82 Å². The quantitative estimate of drug-likeness (QED) is 0.869. The monoisotopic (exact) mass is 269 g/mol. The lowest BCUT2D eigenvalue weighted by Crippen LogP contribution is -2.16. The fourth-order valence-electron chi connectivity index (χ4n) is 2.72. The summed E-state index contributed by atoms with van der Waals surface area (Å²) in [6.45, 7) is 4.73. The second-order valence-electron chi connectivity index (χ2n) is 5.75. The van der Waals surface area contributed by atoms with Crippen LogP contribution in [0.3, 0.4) is 0 Å². The number of hydrogen-bond acceptors (Lipinski definition) is 1. The van der Waals surface area contributed by atoms with Gasteiger partial charge >= 0.3 is 0 Å². The zero-order valence-electron chi connectivity index (χ0n) is 12.0. The molecule has 1 aliphatic carbocycles. The highest BCUT2D eigenvalue weighted by molar-refractivity contribution is 5.71. The van der Waals surface area contributed by atoms with Crippen LogP contribution >= 0.6 is 0 Å². The molecule has 2 aromatic rings. The molecule has 0 spiro atoms. The molecule has 0 atom stereocenters. The number of halogens is 1. The van der Waals surface area contributed by atoms with Crippen molar-refractivity contribution < 1.29 is 4.39 Å². The lowest BCUT2D eigenvalue weighted by Gasteiger charge is -2.14. The minimum atomic E-state index is -0.124. The van der Waals surface area contributed by atoms with E-state index in [1.165, 1.54) is 18.4 Å². The molecule has 0 saturated heterocycles. The van der Waals surface area contributed by atoms with E-state index in [2.05, 4.69) is 11.4 Å². The first kappa shape index (κ1) is 13.3. The van der Waals surface area contributed by atoms with Gasteiger partial charge in [0, 0.05) is 18.2 Å². The molecular weight excluding hydrogens is 249 g/mol. The third-order valence-electron chi connectivity index (χ3n) is 3.88. The molecule has 1 aliphatic rings.